The maximum atomic E-state index is 10.4. The van der Waals surface area contributed by atoms with Crippen LogP contribution in [0.3, 0.4) is 0 Å². The summed E-state index contributed by atoms with van der Waals surface area (Å²) in [6.07, 6.45) is 0. The Morgan fingerprint density at radius 2 is 2.17 bits per heavy atom. The molecule has 0 radical (unpaired) electrons. The summed E-state index contributed by atoms with van der Waals surface area (Å²) in [6.45, 7) is 0. The quantitative estimate of drug-likeness (QED) is 0.549. The molecular weight excluding hydrogens is 160 g/mol. The van der Waals surface area contributed by atoms with Crippen LogP contribution in [0.4, 0.5) is 11.4 Å². The number of benzene rings is 1. The van der Waals surface area contributed by atoms with Crippen molar-refractivity contribution >= 4 is 11.4 Å². The highest BCUT2D eigenvalue weighted by molar-refractivity contribution is 5.59. The van der Waals surface area contributed by atoms with Gasteiger partial charge in [0.2, 0.25) is 0 Å². The molecule has 0 saturated carbocycles. The van der Waals surface area contributed by atoms with Crippen molar-refractivity contribution in [3.8, 4) is 0 Å². The largest absolute Gasteiger partial charge is 0.294 e. The van der Waals surface area contributed by atoms with E-state index < -0.39 is 4.92 Å². The molecule has 0 spiro atoms. The van der Waals surface area contributed by atoms with Crippen LogP contribution >= 0.6 is 0 Å². The maximum absolute atomic E-state index is 10.4. The molecule has 0 unspecified atom stereocenters. The van der Waals surface area contributed by atoms with Gasteiger partial charge in [0.1, 0.15) is 5.69 Å². The predicted octanol–water partition coefficient (Wildman–Crippen LogP) is 1.57. The van der Waals surface area contributed by atoms with Crippen molar-refractivity contribution < 1.29 is 9.76 Å². The summed E-state index contributed by atoms with van der Waals surface area (Å²) in [5, 5.41) is 10.4. The summed E-state index contributed by atoms with van der Waals surface area (Å²) in [4.78, 5) is 14.5. The van der Waals surface area contributed by atoms with E-state index in [1.807, 2.05) is 0 Å². The Kier molecular flexibility index (Phi) is 2.60. The molecule has 0 aliphatic heterocycles. The van der Waals surface area contributed by atoms with Gasteiger partial charge in [-0.25, -0.2) is 0 Å². The summed E-state index contributed by atoms with van der Waals surface area (Å²) in [5.41, 5.74) is 2.77. The normalized spacial score (nSPS) is 9.42. The Bertz CT molecular complexity index is 288. The van der Waals surface area contributed by atoms with Gasteiger partial charge in [-0.3, -0.25) is 20.4 Å². The van der Waals surface area contributed by atoms with Crippen LogP contribution in [0.15, 0.2) is 24.3 Å². The second kappa shape index (κ2) is 3.68. The van der Waals surface area contributed by atoms with Crippen LogP contribution in [0.5, 0.6) is 0 Å². The van der Waals surface area contributed by atoms with Crippen molar-refractivity contribution in [2.75, 3.05) is 12.6 Å². The first-order valence-electron chi connectivity index (χ1n) is 3.28. The molecule has 1 rings (SSSR count). The third kappa shape index (κ3) is 1.70. The fraction of sp³-hybridized carbons (Fsp3) is 0.143. The van der Waals surface area contributed by atoms with Crippen molar-refractivity contribution in [1.82, 2.24) is 0 Å². The number of hydrogen-bond acceptors (Lipinski definition) is 4. The summed E-state index contributed by atoms with van der Waals surface area (Å²) < 4.78 is 0. The molecule has 1 aromatic carbocycles. The van der Waals surface area contributed by atoms with E-state index in [2.05, 4.69) is 10.3 Å². The molecule has 0 amide bonds. The third-order valence-corrected chi connectivity index (χ3v) is 1.31. The lowest BCUT2D eigenvalue weighted by Gasteiger charge is -2.02. The Morgan fingerprint density at radius 3 is 2.75 bits per heavy atom. The highest BCUT2D eigenvalue weighted by Gasteiger charge is 2.10. The molecule has 0 aliphatic rings. The SMILES string of the molecule is CONc1ccccc1[N+](=O)[O-]. The lowest BCUT2D eigenvalue weighted by molar-refractivity contribution is -0.384. The molecule has 0 saturated heterocycles. The average Bonchev–Trinajstić information content (AvgIpc) is 2.05. The zero-order valence-electron chi connectivity index (χ0n) is 6.48. The van der Waals surface area contributed by atoms with Gasteiger partial charge in [-0.2, -0.15) is 0 Å². The molecule has 0 bridgehead atoms. The van der Waals surface area contributed by atoms with Crippen LogP contribution in [0, 0.1) is 10.1 Å². The molecule has 1 N–H and O–H groups in total. The lowest BCUT2D eigenvalue weighted by Crippen LogP contribution is -1.99. The fourth-order valence-corrected chi connectivity index (χ4v) is 0.829. The molecule has 0 aliphatic carbocycles. The number of nitrogens with one attached hydrogen (secondary N) is 1. The lowest BCUT2D eigenvalue weighted by atomic mass is 10.3. The Balaban J connectivity index is 3.00. The number of hydrogen-bond donors (Lipinski definition) is 1. The second-order valence-corrected chi connectivity index (χ2v) is 2.08. The van der Waals surface area contributed by atoms with Crippen LogP contribution in [-0.4, -0.2) is 12.0 Å². The smallest absolute Gasteiger partial charge is 0.279 e. The molecule has 0 aromatic heterocycles. The molecule has 12 heavy (non-hydrogen) atoms. The van der Waals surface area contributed by atoms with Crippen molar-refractivity contribution in [2.45, 2.75) is 0 Å². The Hall–Kier alpha value is -1.62. The van der Waals surface area contributed by atoms with E-state index in [4.69, 9.17) is 0 Å². The minimum absolute atomic E-state index is 0.000602. The van der Waals surface area contributed by atoms with Crippen LogP contribution in [0.25, 0.3) is 0 Å². The van der Waals surface area contributed by atoms with Crippen LogP contribution < -0.4 is 5.48 Å². The first kappa shape index (κ1) is 8.48. The summed E-state index contributed by atoms with van der Waals surface area (Å²) >= 11 is 0. The highest BCUT2D eigenvalue weighted by Crippen LogP contribution is 2.22. The third-order valence-electron chi connectivity index (χ3n) is 1.31. The maximum Gasteiger partial charge on any atom is 0.294 e. The molecule has 5 heteroatoms. The number of rotatable bonds is 3. The van der Waals surface area contributed by atoms with Crippen LogP contribution in [-0.2, 0) is 4.84 Å². The molecule has 0 fully saturated rings. The van der Waals surface area contributed by atoms with E-state index in [9.17, 15) is 10.1 Å². The number of nitrogens with zero attached hydrogens (tertiary/aromatic N) is 1. The monoisotopic (exact) mass is 168 g/mol. The Morgan fingerprint density at radius 1 is 1.50 bits per heavy atom. The molecule has 1 aromatic rings. The van der Waals surface area contributed by atoms with Crippen molar-refractivity contribution in [3.05, 3.63) is 34.4 Å². The van der Waals surface area contributed by atoms with Gasteiger partial charge in [-0.15, -0.1) is 0 Å². The van der Waals surface area contributed by atoms with Crippen molar-refractivity contribution in [3.63, 3.8) is 0 Å². The van der Waals surface area contributed by atoms with Gasteiger partial charge >= 0.3 is 0 Å². The van der Waals surface area contributed by atoms with Crippen molar-refractivity contribution in [2.24, 2.45) is 0 Å². The van der Waals surface area contributed by atoms with Gasteiger partial charge < -0.3 is 0 Å². The van der Waals surface area contributed by atoms with Gasteiger partial charge in [-0.05, 0) is 6.07 Å². The van der Waals surface area contributed by atoms with E-state index in [-0.39, 0.29) is 5.69 Å². The average molecular weight is 168 g/mol. The van der Waals surface area contributed by atoms with Gasteiger partial charge in [0, 0.05) is 6.07 Å². The summed E-state index contributed by atoms with van der Waals surface area (Å²) in [5.74, 6) is 0. The molecule has 0 heterocycles. The molecule has 5 nitrogen and oxygen atoms in total. The van der Waals surface area contributed by atoms with Crippen LogP contribution in [0.1, 0.15) is 0 Å². The second-order valence-electron chi connectivity index (χ2n) is 2.08. The van der Waals surface area contributed by atoms with Gasteiger partial charge in [0.15, 0.2) is 0 Å². The predicted molar refractivity (Wildman–Crippen MR) is 43.7 cm³/mol. The van der Waals surface area contributed by atoms with E-state index in [1.165, 1.54) is 13.2 Å². The Labute approximate surface area is 69.1 Å². The number of para-hydroxylation sites is 2. The van der Waals surface area contributed by atoms with Gasteiger partial charge in [0.05, 0.1) is 12.0 Å². The molecule has 0 atom stereocenters. The first-order chi connectivity index (χ1) is 5.75. The van der Waals surface area contributed by atoms with E-state index in [1.54, 1.807) is 18.2 Å². The minimum Gasteiger partial charge on any atom is -0.279 e. The number of nitro benzene ring substituents is 1. The molecule has 64 valence electrons. The first-order valence-corrected chi connectivity index (χ1v) is 3.28. The summed E-state index contributed by atoms with van der Waals surface area (Å²) in [7, 11) is 1.40. The van der Waals surface area contributed by atoms with E-state index in [0.717, 1.165) is 0 Å². The molecular formula is C7H8N2O3. The summed E-state index contributed by atoms with van der Waals surface area (Å²) in [6, 6.07) is 6.26. The van der Waals surface area contributed by atoms with Gasteiger partial charge in [-0.1, -0.05) is 12.1 Å². The van der Waals surface area contributed by atoms with E-state index in [0.29, 0.717) is 5.69 Å². The number of anilines is 1. The van der Waals surface area contributed by atoms with Crippen LogP contribution in [0.2, 0.25) is 0 Å². The van der Waals surface area contributed by atoms with E-state index >= 15 is 0 Å². The zero-order valence-corrected chi connectivity index (χ0v) is 6.48. The zero-order chi connectivity index (χ0) is 8.97. The van der Waals surface area contributed by atoms with Gasteiger partial charge in [0.25, 0.3) is 5.69 Å². The number of nitro groups is 1. The topological polar surface area (TPSA) is 64.4 Å². The minimum atomic E-state index is -0.471. The van der Waals surface area contributed by atoms with Crippen molar-refractivity contribution in [1.29, 1.82) is 0 Å². The highest BCUT2D eigenvalue weighted by atomic mass is 16.6. The fourth-order valence-electron chi connectivity index (χ4n) is 0.829. The standard InChI is InChI=1S/C7H8N2O3/c1-12-8-6-4-2-3-5-7(6)9(10)11/h2-5,8H,1H3.